The van der Waals surface area contributed by atoms with Crippen molar-refractivity contribution in [2.45, 2.75) is 33.2 Å². The third-order valence-corrected chi connectivity index (χ3v) is 3.35. The molecule has 1 atom stereocenters. The van der Waals surface area contributed by atoms with Gasteiger partial charge in [-0.1, -0.05) is 31.1 Å². The summed E-state index contributed by atoms with van der Waals surface area (Å²) in [5.41, 5.74) is 6.15. The number of oxime groups is 1. The van der Waals surface area contributed by atoms with E-state index in [2.05, 4.69) is 10.5 Å². The summed E-state index contributed by atoms with van der Waals surface area (Å²) in [5.74, 6) is -0.0177. The first-order valence-corrected chi connectivity index (χ1v) is 6.33. The highest BCUT2D eigenvalue weighted by molar-refractivity contribution is 5.85. The van der Waals surface area contributed by atoms with Crippen LogP contribution in [0.2, 0.25) is 0 Å². The molecule has 1 rings (SSSR count). The van der Waals surface area contributed by atoms with Gasteiger partial charge in [0.2, 0.25) is 0 Å². The zero-order valence-electron chi connectivity index (χ0n) is 11.7. The van der Waals surface area contributed by atoms with E-state index < -0.39 is 0 Å². The van der Waals surface area contributed by atoms with E-state index in [1.807, 2.05) is 26.8 Å². The van der Waals surface area contributed by atoms with Crippen LogP contribution in [0.3, 0.4) is 0 Å². The van der Waals surface area contributed by atoms with Crippen LogP contribution < -0.4 is 11.1 Å². The highest BCUT2D eigenvalue weighted by Gasteiger charge is 2.23. The zero-order valence-corrected chi connectivity index (χ0v) is 11.7. The smallest absolute Gasteiger partial charge is 0.144 e. The SMILES string of the molecule is C[C@@H](NCCC(C)(C)/C(N)=N/O)c1cccc(F)c1. The molecule has 4 N–H and O–H groups in total. The Labute approximate surface area is 113 Å². The van der Waals surface area contributed by atoms with Crippen molar-refractivity contribution in [2.24, 2.45) is 16.3 Å². The van der Waals surface area contributed by atoms with Crippen molar-refractivity contribution in [3.8, 4) is 0 Å². The fourth-order valence-electron chi connectivity index (χ4n) is 1.76. The first kappa shape index (κ1) is 15.4. The molecule has 5 heteroatoms. The molecule has 0 heterocycles. The third-order valence-electron chi connectivity index (χ3n) is 3.35. The van der Waals surface area contributed by atoms with E-state index in [4.69, 9.17) is 10.9 Å². The second-order valence-corrected chi connectivity index (χ2v) is 5.35. The van der Waals surface area contributed by atoms with Crippen LogP contribution >= 0.6 is 0 Å². The lowest BCUT2D eigenvalue weighted by Crippen LogP contribution is -2.35. The lowest BCUT2D eigenvalue weighted by atomic mass is 9.88. The van der Waals surface area contributed by atoms with Gasteiger partial charge in [-0.2, -0.15) is 0 Å². The van der Waals surface area contributed by atoms with Crippen LogP contribution in [0, 0.1) is 11.2 Å². The van der Waals surface area contributed by atoms with Gasteiger partial charge in [0.1, 0.15) is 11.7 Å². The zero-order chi connectivity index (χ0) is 14.5. The summed E-state index contributed by atoms with van der Waals surface area (Å²) in [6.07, 6.45) is 0.725. The molecule has 19 heavy (non-hydrogen) atoms. The first-order valence-electron chi connectivity index (χ1n) is 6.33. The van der Waals surface area contributed by atoms with Gasteiger partial charge in [0.15, 0.2) is 0 Å². The van der Waals surface area contributed by atoms with E-state index in [-0.39, 0.29) is 23.1 Å². The maximum Gasteiger partial charge on any atom is 0.144 e. The summed E-state index contributed by atoms with van der Waals surface area (Å²) < 4.78 is 13.1. The molecule has 1 aromatic rings. The van der Waals surface area contributed by atoms with Crippen LogP contribution in [0.1, 0.15) is 38.8 Å². The number of halogens is 1. The van der Waals surface area contributed by atoms with E-state index >= 15 is 0 Å². The van der Waals surface area contributed by atoms with E-state index in [1.165, 1.54) is 12.1 Å². The van der Waals surface area contributed by atoms with E-state index in [0.29, 0.717) is 6.54 Å². The number of nitrogens with one attached hydrogen (secondary N) is 1. The number of benzene rings is 1. The van der Waals surface area contributed by atoms with Gasteiger partial charge < -0.3 is 16.3 Å². The molecule has 0 aliphatic heterocycles. The fraction of sp³-hybridized carbons (Fsp3) is 0.500. The molecule has 0 amide bonds. The first-order chi connectivity index (χ1) is 8.86. The Morgan fingerprint density at radius 2 is 2.21 bits per heavy atom. The van der Waals surface area contributed by atoms with E-state index in [0.717, 1.165) is 12.0 Å². The molecule has 0 saturated carbocycles. The second kappa shape index (κ2) is 6.52. The highest BCUT2D eigenvalue weighted by Crippen LogP contribution is 2.20. The summed E-state index contributed by atoms with van der Waals surface area (Å²) in [6, 6.07) is 6.58. The second-order valence-electron chi connectivity index (χ2n) is 5.35. The molecule has 0 fully saturated rings. The molecular weight excluding hydrogens is 245 g/mol. The highest BCUT2D eigenvalue weighted by atomic mass is 19.1. The normalized spacial score (nSPS) is 14.4. The molecule has 4 nitrogen and oxygen atoms in total. The molecule has 0 bridgehead atoms. The molecule has 1 aromatic carbocycles. The topological polar surface area (TPSA) is 70.6 Å². The van der Waals surface area contributed by atoms with Crippen LogP contribution in [-0.4, -0.2) is 17.6 Å². The number of nitrogens with zero attached hydrogens (tertiary/aromatic N) is 1. The van der Waals surface area contributed by atoms with Crippen LogP contribution in [0.25, 0.3) is 0 Å². The molecule has 106 valence electrons. The molecule has 0 unspecified atom stereocenters. The molecule has 0 radical (unpaired) electrons. The molecule has 0 aliphatic rings. The van der Waals surface area contributed by atoms with Crippen molar-refractivity contribution in [1.82, 2.24) is 5.32 Å². The van der Waals surface area contributed by atoms with Gasteiger partial charge in [-0.25, -0.2) is 4.39 Å². The molecular formula is C14H22FN3O. The Bertz CT molecular complexity index is 446. The van der Waals surface area contributed by atoms with Crippen molar-refractivity contribution < 1.29 is 9.60 Å². The molecule has 0 aromatic heterocycles. The van der Waals surface area contributed by atoms with E-state index in [9.17, 15) is 4.39 Å². The number of hydrogen-bond donors (Lipinski definition) is 3. The minimum atomic E-state index is -0.372. The number of nitrogens with two attached hydrogens (primary N) is 1. The van der Waals surface area contributed by atoms with Gasteiger partial charge in [0.25, 0.3) is 0 Å². The molecule has 0 saturated heterocycles. The lowest BCUT2D eigenvalue weighted by molar-refractivity contribution is 0.304. The fourth-order valence-corrected chi connectivity index (χ4v) is 1.76. The summed E-state index contributed by atoms with van der Waals surface area (Å²) >= 11 is 0. The Morgan fingerprint density at radius 3 is 2.79 bits per heavy atom. The predicted molar refractivity (Wildman–Crippen MR) is 74.6 cm³/mol. The number of amidine groups is 1. The standard InChI is InChI=1S/C14H22FN3O/c1-10(11-5-4-6-12(15)9-11)17-8-7-14(2,3)13(16)18-19/h4-6,9-10,17,19H,7-8H2,1-3H3,(H2,16,18)/t10-/m1/s1. The van der Waals surface area contributed by atoms with Gasteiger partial charge in [0, 0.05) is 11.5 Å². The van der Waals surface area contributed by atoms with Crippen molar-refractivity contribution in [1.29, 1.82) is 0 Å². The maximum absolute atomic E-state index is 13.1. The van der Waals surface area contributed by atoms with Gasteiger partial charge in [-0.15, -0.1) is 0 Å². The summed E-state index contributed by atoms with van der Waals surface area (Å²) in [6.45, 7) is 6.50. The third kappa shape index (κ3) is 4.52. The Kier molecular flexibility index (Phi) is 5.30. The quantitative estimate of drug-likeness (QED) is 0.321. The van der Waals surface area contributed by atoms with Gasteiger partial charge in [-0.3, -0.25) is 0 Å². The van der Waals surface area contributed by atoms with Crippen LogP contribution in [0.4, 0.5) is 4.39 Å². The van der Waals surface area contributed by atoms with Gasteiger partial charge in [0.05, 0.1) is 0 Å². The van der Waals surface area contributed by atoms with Crippen LogP contribution in [-0.2, 0) is 0 Å². The van der Waals surface area contributed by atoms with Gasteiger partial charge in [-0.05, 0) is 37.6 Å². The van der Waals surface area contributed by atoms with Crippen molar-refractivity contribution in [3.63, 3.8) is 0 Å². The van der Waals surface area contributed by atoms with Crippen molar-refractivity contribution in [2.75, 3.05) is 6.54 Å². The van der Waals surface area contributed by atoms with E-state index in [1.54, 1.807) is 6.07 Å². The lowest BCUT2D eigenvalue weighted by Gasteiger charge is -2.24. The summed E-state index contributed by atoms with van der Waals surface area (Å²) in [5, 5.41) is 15.0. The van der Waals surface area contributed by atoms with Crippen LogP contribution in [0.15, 0.2) is 29.4 Å². The monoisotopic (exact) mass is 267 g/mol. The minimum Gasteiger partial charge on any atom is -0.409 e. The predicted octanol–water partition coefficient (Wildman–Crippen LogP) is 2.64. The summed E-state index contributed by atoms with van der Waals surface area (Å²) in [4.78, 5) is 0. The average Bonchev–Trinajstić information content (AvgIpc) is 2.37. The van der Waals surface area contributed by atoms with Gasteiger partial charge >= 0.3 is 0 Å². The van der Waals surface area contributed by atoms with Crippen LogP contribution in [0.5, 0.6) is 0 Å². The maximum atomic E-state index is 13.1. The Hall–Kier alpha value is -1.62. The number of rotatable bonds is 6. The van der Waals surface area contributed by atoms with Crippen molar-refractivity contribution in [3.05, 3.63) is 35.6 Å². The molecule has 0 aliphatic carbocycles. The molecule has 0 spiro atoms. The largest absolute Gasteiger partial charge is 0.409 e. The number of hydrogen-bond acceptors (Lipinski definition) is 3. The average molecular weight is 267 g/mol. The van der Waals surface area contributed by atoms with Crippen molar-refractivity contribution >= 4 is 5.84 Å². The Morgan fingerprint density at radius 1 is 1.53 bits per heavy atom. The summed E-state index contributed by atoms with van der Waals surface area (Å²) in [7, 11) is 0. The Balaban J connectivity index is 2.50. The minimum absolute atomic E-state index is 0.0544.